The van der Waals surface area contributed by atoms with Crippen molar-refractivity contribution >= 4 is 10.9 Å². The predicted octanol–water partition coefficient (Wildman–Crippen LogP) is 4.57. The quantitative estimate of drug-likeness (QED) is 0.444. The van der Waals surface area contributed by atoms with Crippen LogP contribution in [0.15, 0.2) is 77.7 Å². The largest absolute Gasteiger partial charge is 0.304 e. The third-order valence-corrected chi connectivity index (χ3v) is 5.47. The van der Waals surface area contributed by atoms with Crippen LogP contribution in [-0.4, -0.2) is 28.0 Å². The highest BCUT2D eigenvalue weighted by Gasteiger charge is 2.13. The summed E-state index contributed by atoms with van der Waals surface area (Å²) in [6, 6.07) is 20.4. The van der Waals surface area contributed by atoms with Crippen molar-refractivity contribution in [3.63, 3.8) is 0 Å². The molecule has 0 fully saturated rings. The average Bonchev–Trinajstić information content (AvgIpc) is 2.76. The first kappa shape index (κ1) is 20.9. The van der Waals surface area contributed by atoms with Gasteiger partial charge in [-0.2, -0.15) is 0 Å². The lowest BCUT2D eigenvalue weighted by Gasteiger charge is -2.19. The molecule has 2 aromatic heterocycles. The second-order valence-corrected chi connectivity index (χ2v) is 8.06. The highest BCUT2D eigenvalue weighted by Crippen LogP contribution is 2.18. The summed E-state index contributed by atoms with van der Waals surface area (Å²) in [4.78, 5) is 19.9. The van der Waals surface area contributed by atoms with Gasteiger partial charge in [0.1, 0.15) is 5.82 Å². The molecule has 2 heterocycles. The number of rotatable bonds is 7. The van der Waals surface area contributed by atoms with E-state index in [9.17, 15) is 9.18 Å². The van der Waals surface area contributed by atoms with Crippen LogP contribution in [-0.2, 0) is 19.5 Å². The maximum absolute atomic E-state index is 13.7. The Morgan fingerprint density at radius 1 is 1.03 bits per heavy atom. The summed E-state index contributed by atoms with van der Waals surface area (Å²) in [5.41, 5.74) is 4.50. The van der Waals surface area contributed by atoms with Gasteiger partial charge in [-0.15, -0.1) is 0 Å². The Labute approximate surface area is 181 Å². The fourth-order valence-corrected chi connectivity index (χ4v) is 3.88. The van der Waals surface area contributed by atoms with Crippen LogP contribution in [0.4, 0.5) is 4.39 Å². The standard InChI is InChI=1S/C26H26FN3O/c1-19-9-10-25-21(14-19)16-22(18-29(2)13-11-24-8-3-4-12-28-24)26(31)30(25)17-20-6-5-7-23(27)15-20/h3-10,12,14-16H,11,13,17-18H2,1-2H3. The van der Waals surface area contributed by atoms with E-state index in [0.29, 0.717) is 13.1 Å². The fourth-order valence-electron chi connectivity index (χ4n) is 3.88. The molecule has 2 aromatic carbocycles. The minimum Gasteiger partial charge on any atom is -0.304 e. The van der Waals surface area contributed by atoms with Gasteiger partial charge in [-0.05, 0) is 67.4 Å². The van der Waals surface area contributed by atoms with Crippen molar-refractivity contribution in [3.05, 3.63) is 111 Å². The summed E-state index contributed by atoms with van der Waals surface area (Å²) in [5.74, 6) is -0.295. The van der Waals surface area contributed by atoms with Gasteiger partial charge in [0.2, 0.25) is 0 Å². The topological polar surface area (TPSA) is 38.1 Å². The van der Waals surface area contributed by atoms with Gasteiger partial charge in [0.25, 0.3) is 5.56 Å². The van der Waals surface area contributed by atoms with E-state index in [1.807, 2.05) is 56.4 Å². The van der Waals surface area contributed by atoms with Gasteiger partial charge >= 0.3 is 0 Å². The number of hydrogen-bond donors (Lipinski definition) is 0. The molecule has 31 heavy (non-hydrogen) atoms. The summed E-state index contributed by atoms with van der Waals surface area (Å²) < 4.78 is 15.5. The Kier molecular flexibility index (Phi) is 6.23. The number of pyridine rings is 2. The van der Waals surface area contributed by atoms with Gasteiger partial charge in [0.05, 0.1) is 12.1 Å². The van der Waals surface area contributed by atoms with Crippen LogP contribution in [0.5, 0.6) is 0 Å². The van der Waals surface area contributed by atoms with Crippen molar-refractivity contribution in [2.75, 3.05) is 13.6 Å². The number of halogens is 1. The van der Waals surface area contributed by atoms with Crippen LogP contribution in [0.1, 0.15) is 22.4 Å². The van der Waals surface area contributed by atoms with E-state index in [1.54, 1.807) is 16.8 Å². The van der Waals surface area contributed by atoms with E-state index in [1.165, 1.54) is 12.1 Å². The van der Waals surface area contributed by atoms with Crippen molar-refractivity contribution in [2.45, 2.75) is 26.4 Å². The molecule has 0 atom stereocenters. The van der Waals surface area contributed by atoms with Crippen LogP contribution in [0.2, 0.25) is 0 Å². The van der Waals surface area contributed by atoms with E-state index in [2.05, 4.69) is 16.0 Å². The van der Waals surface area contributed by atoms with Gasteiger partial charge in [0.15, 0.2) is 0 Å². The SMILES string of the molecule is Cc1ccc2c(c1)cc(CN(C)CCc1ccccn1)c(=O)n2Cc1cccc(F)c1. The molecular weight excluding hydrogens is 389 g/mol. The molecule has 0 amide bonds. The summed E-state index contributed by atoms with van der Waals surface area (Å²) in [6.45, 7) is 3.71. The number of benzene rings is 2. The first-order valence-corrected chi connectivity index (χ1v) is 10.5. The Morgan fingerprint density at radius 2 is 1.90 bits per heavy atom. The highest BCUT2D eigenvalue weighted by molar-refractivity contribution is 5.80. The van der Waals surface area contributed by atoms with Crippen molar-refractivity contribution < 1.29 is 4.39 Å². The van der Waals surface area contributed by atoms with Crippen molar-refractivity contribution in [1.29, 1.82) is 0 Å². The minimum absolute atomic E-state index is 0.0368. The van der Waals surface area contributed by atoms with E-state index in [-0.39, 0.29) is 11.4 Å². The first-order chi connectivity index (χ1) is 15.0. The second-order valence-electron chi connectivity index (χ2n) is 8.06. The molecule has 0 aliphatic rings. The van der Waals surface area contributed by atoms with Gasteiger partial charge in [0, 0.05) is 37.0 Å². The molecule has 158 valence electrons. The first-order valence-electron chi connectivity index (χ1n) is 10.5. The van der Waals surface area contributed by atoms with Crippen LogP contribution < -0.4 is 5.56 Å². The molecule has 0 radical (unpaired) electrons. The number of hydrogen-bond acceptors (Lipinski definition) is 3. The highest BCUT2D eigenvalue weighted by atomic mass is 19.1. The lowest BCUT2D eigenvalue weighted by atomic mass is 10.1. The van der Waals surface area contributed by atoms with Gasteiger partial charge < -0.3 is 9.47 Å². The molecule has 0 saturated carbocycles. The number of aromatic nitrogens is 2. The van der Waals surface area contributed by atoms with Gasteiger partial charge in [-0.1, -0.05) is 29.8 Å². The Bertz CT molecular complexity index is 1250. The van der Waals surface area contributed by atoms with Crippen LogP contribution in [0, 0.1) is 12.7 Å². The van der Waals surface area contributed by atoms with Crippen LogP contribution in [0.25, 0.3) is 10.9 Å². The van der Waals surface area contributed by atoms with E-state index < -0.39 is 0 Å². The average molecular weight is 416 g/mol. The molecule has 4 nitrogen and oxygen atoms in total. The zero-order valence-corrected chi connectivity index (χ0v) is 17.9. The Hall–Kier alpha value is -3.31. The molecule has 0 unspecified atom stereocenters. The zero-order chi connectivity index (χ0) is 21.8. The van der Waals surface area contributed by atoms with Gasteiger partial charge in [-0.25, -0.2) is 4.39 Å². The molecule has 0 bridgehead atoms. The summed E-state index contributed by atoms with van der Waals surface area (Å²) >= 11 is 0. The lowest BCUT2D eigenvalue weighted by molar-refractivity contribution is 0.328. The third-order valence-electron chi connectivity index (χ3n) is 5.47. The summed E-state index contributed by atoms with van der Waals surface area (Å²) in [6.07, 6.45) is 2.62. The van der Waals surface area contributed by atoms with Crippen LogP contribution in [0.3, 0.4) is 0 Å². The molecule has 4 aromatic rings. The van der Waals surface area contributed by atoms with Crippen LogP contribution >= 0.6 is 0 Å². The Morgan fingerprint density at radius 3 is 2.68 bits per heavy atom. The van der Waals surface area contributed by atoms with Crippen molar-refractivity contribution in [1.82, 2.24) is 14.5 Å². The fraction of sp³-hybridized carbons (Fsp3) is 0.231. The smallest absolute Gasteiger partial charge is 0.255 e. The number of aryl methyl sites for hydroxylation is 1. The molecule has 0 saturated heterocycles. The predicted molar refractivity (Wildman–Crippen MR) is 123 cm³/mol. The third kappa shape index (κ3) is 5.06. The number of fused-ring (bicyclic) bond motifs is 1. The minimum atomic E-state index is -0.295. The Balaban J connectivity index is 1.65. The molecular formula is C26H26FN3O. The molecule has 0 aliphatic heterocycles. The van der Waals surface area contributed by atoms with Crippen molar-refractivity contribution in [3.8, 4) is 0 Å². The molecule has 0 spiro atoms. The monoisotopic (exact) mass is 415 g/mol. The number of likely N-dealkylation sites (N-methyl/N-ethyl adjacent to an activating group) is 1. The lowest BCUT2D eigenvalue weighted by Crippen LogP contribution is -2.30. The van der Waals surface area contributed by atoms with E-state index in [0.717, 1.165) is 46.3 Å². The maximum Gasteiger partial charge on any atom is 0.255 e. The number of nitrogens with zero attached hydrogens (tertiary/aromatic N) is 3. The normalized spacial score (nSPS) is 11.4. The van der Waals surface area contributed by atoms with Gasteiger partial charge in [-0.3, -0.25) is 9.78 Å². The summed E-state index contributed by atoms with van der Waals surface area (Å²) in [7, 11) is 2.01. The maximum atomic E-state index is 13.7. The molecule has 5 heteroatoms. The summed E-state index contributed by atoms with van der Waals surface area (Å²) in [5, 5.41) is 1.02. The molecule has 0 N–H and O–H groups in total. The second kappa shape index (κ2) is 9.23. The van der Waals surface area contributed by atoms with Crippen molar-refractivity contribution in [2.24, 2.45) is 0 Å². The molecule has 0 aliphatic carbocycles. The zero-order valence-electron chi connectivity index (χ0n) is 17.9. The van der Waals surface area contributed by atoms with E-state index >= 15 is 0 Å². The van der Waals surface area contributed by atoms with E-state index in [4.69, 9.17) is 0 Å². The molecule has 4 rings (SSSR count).